The minimum absolute atomic E-state index is 0.0178. The maximum Gasteiger partial charge on any atom is 0.309 e. The largest absolute Gasteiger partial charge is 0.441 e. The van der Waals surface area contributed by atoms with Crippen molar-refractivity contribution in [3.05, 3.63) is 65.4 Å². The lowest BCUT2D eigenvalue weighted by Crippen LogP contribution is -2.46. The zero-order chi connectivity index (χ0) is 26.4. The van der Waals surface area contributed by atoms with Crippen molar-refractivity contribution >= 4 is 23.4 Å². The van der Waals surface area contributed by atoms with Gasteiger partial charge in [-0.1, -0.05) is 0 Å². The van der Waals surface area contributed by atoms with E-state index in [0.717, 1.165) is 12.1 Å². The molecule has 3 amide bonds. The third-order valence-corrected chi connectivity index (χ3v) is 6.81. The Morgan fingerprint density at radius 2 is 1.92 bits per heavy atom. The third-order valence-electron chi connectivity index (χ3n) is 6.81. The summed E-state index contributed by atoms with van der Waals surface area (Å²) >= 11 is 0. The lowest BCUT2D eigenvalue weighted by molar-refractivity contribution is -0.134. The zero-order valence-electron chi connectivity index (χ0n) is 20.0. The highest BCUT2D eigenvalue weighted by molar-refractivity contribution is 5.98. The van der Waals surface area contributed by atoms with Crippen LogP contribution < -0.4 is 4.90 Å². The van der Waals surface area contributed by atoms with Gasteiger partial charge in [0.05, 0.1) is 49.3 Å². The summed E-state index contributed by atoms with van der Waals surface area (Å²) in [6, 6.07) is 0.903. The van der Waals surface area contributed by atoms with Crippen LogP contribution >= 0.6 is 0 Å². The number of halogens is 3. The van der Waals surface area contributed by atoms with Crippen molar-refractivity contribution < 1.29 is 32.0 Å². The first-order valence-corrected chi connectivity index (χ1v) is 11.6. The van der Waals surface area contributed by atoms with E-state index in [4.69, 9.17) is 4.42 Å². The Hall–Kier alpha value is -4.16. The number of likely N-dealkylation sites (N-methyl/N-ethyl adjacent to an activating group) is 1. The first-order chi connectivity index (χ1) is 17.6. The van der Waals surface area contributed by atoms with Gasteiger partial charge in [-0.25, -0.2) is 18.2 Å². The van der Waals surface area contributed by atoms with Gasteiger partial charge in [-0.2, -0.15) is 5.10 Å². The van der Waals surface area contributed by atoms with E-state index in [1.807, 2.05) is 6.92 Å². The van der Waals surface area contributed by atoms with Gasteiger partial charge in [-0.15, -0.1) is 0 Å². The van der Waals surface area contributed by atoms with Crippen molar-refractivity contribution in [2.45, 2.75) is 44.9 Å². The van der Waals surface area contributed by atoms with E-state index in [2.05, 4.69) is 10.1 Å². The van der Waals surface area contributed by atoms with Gasteiger partial charge >= 0.3 is 5.91 Å². The second-order valence-corrected chi connectivity index (χ2v) is 9.20. The molecule has 0 bridgehead atoms. The second kappa shape index (κ2) is 9.37. The lowest BCUT2D eigenvalue weighted by atomic mass is 10.1. The number of benzene rings is 1. The van der Waals surface area contributed by atoms with E-state index in [9.17, 15) is 27.6 Å². The highest BCUT2D eigenvalue weighted by Gasteiger charge is 2.39. The molecule has 5 rings (SSSR count). The summed E-state index contributed by atoms with van der Waals surface area (Å²) in [5.74, 6) is -5.43. The van der Waals surface area contributed by atoms with Gasteiger partial charge in [-0.05, 0) is 24.6 Å². The average Bonchev–Trinajstić information content (AvgIpc) is 3.61. The van der Waals surface area contributed by atoms with E-state index in [0.29, 0.717) is 17.9 Å². The number of oxazole rings is 1. The van der Waals surface area contributed by atoms with Crippen molar-refractivity contribution in [3.63, 3.8) is 0 Å². The smallest absolute Gasteiger partial charge is 0.309 e. The number of anilines is 1. The number of carbonyl (C=O) groups excluding carboxylic acids is 3. The van der Waals surface area contributed by atoms with Crippen LogP contribution in [0.3, 0.4) is 0 Å². The number of hydrogen-bond donors (Lipinski definition) is 0. The minimum Gasteiger partial charge on any atom is -0.441 e. The third kappa shape index (κ3) is 4.45. The summed E-state index contributed by atoms with van der Waals surface area (Å²) in [7, 11) is 1.57. The molecule has 2 aliphatic heterocycles. The molecular weight excluding hydrogens is 493 g/mol. The van der Waals surface area contributed by atoms with Crippen LogP contribution in [-0.4, -0.2) is 68.0 Å². The SMILES string of the molecule is C[C@H]1Cn2ncc(N3CC(N(C)C(=O)c4ncco4)CC3=O)c2CN1C(=O)Cc1cc(F)c(F)c(F)c1. The second-order valence-electron chi connectivity index (χ2n) is 9.20. The Morgan fingerprint density at radius 3 is 2.59 bits per heavy atom. The molecule has 0 radical (unpaired) electrons. The van der Waals surface area contributed by atoms with Crippen molar-refractivity contribution in [3.8, 4) is 0 Å². The van der Waals surface area contributed by atoms with Gasteiger partial charge < -0.3 is 19.1 Å². The van der Waals surface area contributed by atoms with Gasteiger partial charge in [0.1, 0.15) is 6.26 Å². The van der Waals surface area contributed by atoms with Crippen LogP contribution in [0.5, 0.6) is 0 Å². The van der Waals surface area contributed by atoms with Gasteiger partial charge in [-0.3, -0.25) is 19.1 Å². The Morgan fingerprint density at radius 1 is 1.19 bits per heavy atom. The van der Waals surface area contributed by atoms with Crippen molar-refractivity contribution in [1.29, 1.82) is 0 Å². The van der Waals surface area contributed by atoms with Crippen molar-refractivity contribution in [2.75, 3.05) is 18.5 Å². The summed E-state index contributed by atoms with van der Waals surface area (Å²) in [5, 5.41) is 4.38. The molecule has 2 atom stereocenters. The average molecular weight is 516 g/mol. The molecule has 10 nitrogen and oxygen atoms in total. The van der Waals surface area contributed by atoms with Crippen LogP contribution in [0.1, 0.15) is 35.3 Å². The monoisotopic (exact) mass is 516 g/mol. The first kappa shape index (κ1) is 24.5. The van der Waals surface area contributed by atoms with Gasteiger partial charge in [0.25, 0.3) is 5.89 Å². The topological polar surface area (TPSA) is 105 Å². The summed E-state index contributed by atoms with van der Waals surface area (Å²) < 4.78 is 47.3. The normalized spacial score (nSPS) is 19.3. The highest BCUT2D eigenvalue weighted by atomic mass is 19.2. The summed E-state index contributed by atoms with van der Waals surface area (Å²) in [6.07, 6.45) is 3.98. The maximum atomic E-state index is 13.6. The molecule has 0 saturated carbocycles. The van der Waals surface area contributed by atoms with Crippen molar-refractivity contribution in [2.24, 2.45) is 0 Å². The van der Waals surface area contributed by atoms with Crippen LogP contribution in [0.25, 0.3) is 0 Å². The molecule has 1 aromatic carbocycles. The Kier molecular flexibility index (Phi) is 6.21. The number of fused-ring (bicyclic) bond motifs is 1. The standard InChI is InChI=1S/C24H23F3N6O4/c1-13-10-33-19(12-31(13)20(34)7-14-5-16(25)22(27)17(26)6-14)18(9-29-33)32-11-15(8-21(32)35)30(2)24(36)23-28-3-4-37-23/h3-6,9,13,15H,7-8,10-12H2,1-2H3/t13-,15?/m0/s1. The molecule has 2 aromatic heterocycles. The molecule has 37 heavy (non-hydrogen) atoms. The van der Waals surface area contributed by atoms with Crippen molar-refractivity contribution in [1.82, 2.24) is 24.6 Å². The van der Waals surface area contributed by atoms with Crippen LogP contribution in [-0.2, 0) is 29.1 Å². The van der Waals surface area contributed by atoms with E-state index in [-0.39, 0.29) is 49.3 Å². The maximum absolute atomic E-state index is 13.6. The predicted molar refractivity (Wildman–Crippen MR) is 122 cm³/mol. The van der Waals surface area contributed by atoms with Crippen LogP contribution in [0.4, 0.5) is 18.9 Å². The molecule has 13 heteroatoms. The fourth-order valence-corrected chi connectivity index (χ4v) is 4.76. The molecule has 1 saturated heterocycles. The van der Waals surface area contributed by atoms with Gasteiger partial charge in [0.2, 0.25) is 11.8 Å². The van der Waals surface area contributed by atoms with Gasteiger partial charge in [0, 0.05) is 26.1 Å². The van der Waals surface area contributed by atoms with E-state index in [1.54, 1.807) is 17.9 Å². The molecule has 0 spiro atoms. The summed E-state index contributed by atoms with van der Waals surface area (Å²) in [4.78, 5) is 46.9. The molecule has 1 fully saturated rings. The molecule has 1 unspecified atom stereocenters. The molecule has 0 N–H and O–H groups in total. The Labute approximate surface area is 209 Å². The number of amides is 3. The molecule has 194 valence electrons. The van der Waals surface area contributed by atoms with E-state index < -0.39 is 35.3 Å². The lowest BCUT2D eigenvalue weighted by Gasteiger charge is -2.35. The Balaban J connectivity index is 1.32. The van der Waals surface area contributed by atoms with Gasteiger partial charge in [0.15, 0.2) is 17.5 Å². The van der Waals surface area contributed by atoms with Crippen LogP contribution in [0.2, 0.25) is 0 Å². The minimum atomic E-state index is -1.59. The number of aromatic nitrogens is 3. The Bertz CT molecular complexity index is 1350. The first-order valence-electron chi connectivity index (χ1n) is 11.6. The number of rotatable bonds is 5. The molecule has 0 aliphatic carbocycles. The van der Waals surface area contributed by atoms with E-state index >= 15 is 0 Å². The summed E-state index contributed by atoms with van der Waals surface area (Å²) in [6.45, 7) is 2.49. The number of nitrogens with zero attached hydrogens (tertiary/aromatic N) is 6. The fourth-order valence-electron chi connectivity index (χ4n) is 4.76. The van der Waals surface area contributed by atoms with Crippen LogP contribution in [0.15, 0.2) is 35.2 Å². The molecule has 2 aliphatic rings. The predicted octanol–water partition coefficient (Wildman–Crippen LogP) is 2.14. The zero-order valence-corrected chi connectivity index (χ0v) is 20.0. The number of carbonyl (C=O) groups is 3. The summed E-state index contributed by atoms with van der Waals surface area (Å²) in [5.41, 5.74) is 1.16. The van der Waals surface area contributed by atoms with Crippen LogP contribution in [0, 0.1) is 17.5 Å². The molecule has 4 heterocycles. The molecule has 3 aromatic rings. The highest BCUT2D eigenvalue weighted by Crippen LogP contribution is 2.31. The number of hydrogen-bond acceptors (Lipinski definition) is 6. The quantitative estimate of drug-likeness (QED) is 0.482. The van der Waals surface area contributed by atoms with E-state index in [1.165, 1.54) is 27.2 Å². The fraction of sp³-hybridized carbons (Fsp3) is 0.375. The molecular formula is C24H23F3N6O4.